The fourth-order valence-electron chi connectivity index (χ4n) is 2.20. The molecule has 0 radical (unpaired) electrons. The zero-order valence-corrected chi connectivity index (χ0v) is 13.8. The Hall–Kier alpha value is -1.57. The predicted octanol–water partition coefficient (Wildman–Crippen LogP) is 1.06. The standard InChI is InChI=1S/C14H22N2O5S/c1-5-9-8-14(9,15-12(18)21-13(2,3)4)11(17)16-22(19,20)10-6-7-10/h5,9-10H,1,6-8H2,2-4H3,(H,15,18)(H,16,17). The molecule has 2 aliphatic carbocycles. The molecule has 7 nitrogen and oxygen atoms in total. The van der Waals surface area contributed by atoms with E-state index in [1.807, 2.05) is 0 Å². The van der Waals surface area contributed by atoms with Crippen LogP contribution in [0.3, 0.4) is 0 Å². The van der Waals surface area contributed by atoms with Gasteiger partial charge in [0, 0.05) is 5.92 Å². The van der Waals surface area contributed by atoms with Gasteiger partial charge < -0.3 is 10.1 Å². The molecule has 124 valence electrons. The van der Waals surface area contributed by atoms with Crippen molar-refractivity contribution in [3.8, 4) is 0 Å². The van der Waals surface area contributed by atoms with Crippen molar-refractivity contribution < 1.29 is 22.7 Å². The minimum absolute atomic E-state index is 0.307. The molecule has 2 N–H and O–H groups in total. The Balaban J connectivity index is 2.07. The Morgan fingerprint density at radius 1 is 1.32 bits per heavy atom. The van der Waals surface area contributed by atoms with Gasteiger partial charge in [0.15, 0.2) is 0 Å². The summed E-state index contributed by atoms with van der Waals surface area (Å²) in [5, 5.41) is 1.99. The Labute approximate surface area is 130 Å². The fourth-order valence-corrected chi connectivity index (χ4v) is 3.57. The topological polar surface area (TPSA) is 102 Å². The molecular formula is C14H22N2O5S. The first kappa shape index (κ1) is 16.8. The molecule has 0 heterocycles. The molecule has 22 heavy (non-hydrogen) atoms. The zero-order valence-electron chi connectivity index (χ0n) is 13.0. The van der Waals surface area contributed by atoms with Crippen molar-refractivity contribution in [2.75, 3.05) is 0 Å². The Bertz CT molecular complexity index is 603. The van der Waals surface area contributed by atoms with Crippen LogP contribution < -0.4 is 10.0 Å². The number of carbonyl (C=O) groups excluding carboxylic acids is 2. The van der Waals surface area contributed by atoms with E-state index in [1.165, 1.54) is 6.08 Å². The number of sulfonamides is 1. The summed E-state index contributed by atoms with van der Waals surface area (Å²) in [7, 11) is -3.66. The summed E-state index contributed by atoms with van der Waals surface area (Å²) in [5.41, 5.74) is -1.99. The van der Waals surface area contributed by atoms with Gasteiger partial charge in [0.05, 0.1) is 5.25 Å². The molecular weight excluding hydrogens is 308 g/mol. The predicted molar refractivity (Wildman–Crippen MR) is 80.5 cm³/mol. The molecule has 0 aliphatic heterocycles. The van der Waals surface area contributed by atoms with E-state index in [9.17, 15) is 18.0 Å². The molecule has 2 aliphatic rings. The van der Waals surface area contributed by atoms with E-state index in [0.717, 1.165) is 0 Å². The first-order valence-electron chi connectivity index (χ1n) is 7.20. The van der Waals surface area contributed by atoms with E-state index in [-0.39, 0.29) is 5.92 Å². The summed E-state index contributed by atoms with van der Waals surface area (Å²) in [5.74, 6) is -1.04. The third-order valence-electron chi connectivity index (χ3n) is 3.63. The van der Waals surface area contributed by atoms with Gasteiger partial charge >= 0.3 is 6.09 Å². The summed E-state index contributed by atoms with van der Waals surface area (Å²) in [6, 6.07) is 0. The number of alkyl carbamates (subject to hydrolysis) is 1. The number of rotatable bonds is 5. The van der Waals surface area contributed by atoms with Gasteiger partial charge in [-0.25, -0.2) is 13.2 Å². The number of amides is 2. The summed E-state index contributed by atoms with van der Waals surface area (Å²) < 4.78 is 31.0. The molecule has 2 atom stereocenters. The minimum Gasteiger partial charge on any atom is -0.444 e. The second-order valence-electron chi connectivity index (χ2n) is 6.82. The maximum atomic E-state index is 12.3. The highest BCUT2D eigenvalue weighted by Gasteiger charge is 2.61. The van der Waals surface area contributed by atoms with E-state index in [2.05, 4.69) is 16.6 Å². The van der Waals surface area contributed by atoms with Gasteiger partial charge in [-0.1, -0.05) is 6.08 Å². The lowest BCUT2D eigenvalue weighted by Crippen LogP contribution is -2.53. The van der Waals surface area contributed by atoms with E-state index in [4.69, 9.17) is 4.74 Å². The Morgan fingerprint density at radius 2 is 1.91 bits per heavy atom. The van der Waals surface area contributed by atoms with Crippen LogP contribution >= 0.6 is 0 Å². The quantitative estimate of drug-likeness (QED) is 0.734. The largest absolute Gasteiger partial charge is 0.444 e. The highest BCUT2D eigenvalue weighted by Crippen LogP contribution is 2.45. The van der Waals surface area contributed by atoms with E-state index >= 15 is 0 Å². The second kappa shape index (κ2) is 5.26. The van der Waals surface area contributed by atoms with Crippen LogP contribution in [0.15, 0.2) is 12.7 Å². The average molecular weight is 330 g/mol. The van der Waals surface area contributed by atoms with Crippen LogP contribution in [-0.4, -0.2) is 36.8 Å². The van der Waals surface area contributed by atoms with Crippen LogP contribution in [0.4, 0.5) is 4.79 Å². The summed E-state index contributed by atoms with van der Waals surface area (Å²) >= 11 is 0. The average Bonchev–Trinajstić information content (AvgIpc) is 3.20. The van der Waals surface area contributed by atoms with Crippen molar-refractivity contribution in [1.29, 1.82) is 0 Å². The van der Waals surface area contributed by atoms with Gasteiger partial charge in [-0.05, 0) is 40.0 Å². The maximum absolute atomic E-state index is 12.3. The molecule has 2 saturated carbocycles. The van der Waals surface area contributed by atoms with Crippen LogP contribution in [-0.2, 0) is 19.6 Å². The molecule has 0 aromatic heterocycles. The van der Waals surface area contributed by atoms with Crippen LogP contribution in [0.25, 0.3) is 0 Å². The lowest BCUT2D eigenvalue weighted by atomic mass is 10.2. The number of hydrogen-bond acceptors (Lipinski definition) is 5. The van der Waals surface area contributed by atoms with E-state index < -0.39 is 38.4 Å². The first-order chi connectivity index (χ1) is 10.00. The van der Waals surface area contributed by atoms with Crippen LogP contribution in [0.1, 0.15) is 40.0 Å². The van der Waals surface area contributed by atoms with Crippen molar-refractivity contribution in [2.24, 2.45) is 5.92 Å². The van der Waals surface area contributed by atoms with Gasteiger partial charge in [-0.2, -0.15) is 0 Å². The molecule has 0 spiro atoms. The molecule has 2 fully saturated rings. The van der Waals surface area contributed by atoms with Crippen LogP contribution in [0, 0.1) is 5.92 Å². The lowest BCUT2D eigenvalue weighted by molar-refractivity contribution is -0.122. The van der Waals surface area contributed by atoms with Crippen LogP contribution in [0.5, 0.6) is 0 Å². The second-order valence-corrected chi connectivity index (χ2v) is 8.78. The van der Waals surface area contributed by atoms with Gasteiger partial charge in [-0.3, -0.25) is 9.52 Å². The zero-order chi connectivity index (χ0) is 16.8. The van der Waals surface area contributed by atoms with E-state index in [1.54, 1.807) is 20.8 Å². The van der Waals surface area contributed by atoms with Crippen molar-refractivity contribution in [3.63, 3.8) is 0 Å². The summed E-state index contributed by atoms with van der Waals surface area (Å²) in [6.45, 7) is 8.71. The molecule has 2 rings (SSSR count). The molecule has 0 aromatic carbocycles. The van der Waals surface area contributed by atoms with Crippen molar-refractivity contribution >= 4 is 22.0 Å². The smallest absolute Gasteiger partial charge is 0.408 e. The molecule has 8 heteroatoms. The van der Waals surface area contributed by atoms with Crippen molar-refractivity contribution in [3.05, 3.63) is 12.7 Å². The third kappa shape index (κ3) is 3.60. The summed E-state index contributed by atoms with van der Waals surface area (Å²) in [4.78, 5) is 24.2. The molecule has 0 saturated heterocycles. The Kier molecular flexibility index (Phi) is 4.01. The normalized spacial score (nSPS) is 27.7. The van der Waals surface area contributed by atoms with Gasteiger partial charge in [-0.15, -0.1) is 6.58 Å². The molecule has 0 bridgehead atoms. The van der Waals surface area contributed by atoms with Gasteiger partial charge in [0.25, 0.3) is 5.91 Å². The highest BCUT2D eigenvalue weighted by molar-refractivity contribution is 7.90. The van der Waals surface area contributed by atoms with Crippen LogP contribution in [0.2, 0.25) is 0 Å². The fraction of sp³-hybridized carbons (Fsp3) is 0.714. The number of carbonyl (C=O) groups is 2. The van der Waals surface area contributed by atoms with E-state index in [0.29, 0.717) is 19.3 Å². The maximum Gasteiger partial charge on any atom is 0.408 e. The Morgan fingerprint density at radius 3 is 2.32 bits per heavy atom. The third-order valence-corrected chi connectivity index (χ3v) is 5.45. The van der Waals surface area contributed by atoms with Crippen molar-refractivity contribution in [1.82, 2.24) is 10.0 Å². The molecule has 2 unspecified atom stereocenters. The number of nitrogens with one attached hydrogen (secondary N) is 2. The summed E-state index contributed by atoms with van der Waals surface area (Å²) in [6.07, 6.45) is 2.19. The lowest BCUT2D eigenvalue weighted by Gasteiger charge is -2.23. The number of ether oxygens (including phenoxy) is 1. The van der Waals surface area contributed by atoms with Gasteiger partial charge in [0.1, 0.15) is 11.1 Å². The molecule has 2 amide bonds. The molecule has 0 aromatic rings. The SMILES string of the molecule is C=CC1CC1(NC(=O)OC(C)(C)C)C(=O)NS(=O)(=O)C1CC1. The highest BCUT2D eigenvalue weighted by atomic mass is 32.2. The number of hydrogen-bond donors (Lipinski definition) is 2. The minimum atomic E-state index is -3.66. The monoisotopic (exact) mass is 330 g/mol. The van der Waals surface area contributed by atoms with Crippen molar-refractivity contribution in [2.45, 2.75) is 56.4 Å². The first-order valence-corrected chi connectivity index (χ1v) is 8.74. The van der Waals surface area contributed by atoms with Gasteiger partial charge in [0.2, 0.25) is 10.0 Å².